The first kappa shape index (κ1) is 15.5. The van der Waals surface area contributed by atoms with Gasteiger partial charge in [-0.15, -0.1) is 0 Å². The van der Waals surface area contributed by atoms with Crippen molar-refractivity contribution in [3.05, 3.63) is 61.6 Å². The SMILES string of the molecule is COc1ccc(CCC(=O)c2cc(I)ccc2Br)cc1. The smallest absolute Gasteiger partial charge is 0.164 e. The standard InChI is InChI=1S/C16H14BrIO2/c1-20-13-6-2-11(3-7-13)4-9-16(19)14-10-12(18)5-8-15(14)17/h2-3,5-8,10H,4,9H2,1H3. The lowest BCUT2D eigenvalue weighted by Crippen LogP contribution is -2.02. The Morgan fingerprint density at radius 1 is 1.20 bits per heavy atom. The molecule has 0 saturated heterocycles. The molecule has 104 valence electrons. The van der Waals surface area contributed by atoms with Gasteiger partial charge in [-0.25, -0.2) is 0 Å². The Morgan fingerprint density at radius 3 is 2.55 bits per heavy atom. The van der Waals surface area contributed by atoms with Gasteiger partial charge in [-0.05, 0) is 64.9 Å². The molecule has 2 rings (SSSR count). The maximum Gasteiger partial charge on any atom is 0.164 e. The van der Waals surface area contributed by atoms with Crippen molar-refractivity contribution < 1.29 is 9.53 Å². The minimum absolute atomic E-state index is 0.159. The normalized spacial score (nSPS) is 10.3. The average Bonchev–Trinajstić information content (AvgIpc) is 2.47. The number of halogens is 2. The zero-order valence-electron chi connectivity index (χ0n) is 11.0. The Labute approximate surface area is 140 Å². The van der Waals surface area contributed by atoms with Crippen LogP contribution in [0.15, 0.2) is 46.9 Å². The molecule has 0 amide bonds. The summed E-state index contributed by atoms with van der Waals surface area (Å²) in [5, 5.41) is 0. The van der Waals surface area contributed by atoms with E-state index in [1.807, 2.05) is 42.5 Å². The molecule has 0 atom stereocenters. The van der Waals surface area contributed by atoms with Gasteiger partial charge in [-0.3, -0.25) is 4.79 Å². The number of carbonyl (C=O) groups is 1. The van der Waals surface area contributed by atoms with Crippen molar-refractivity contribution in [1.82, 2.24) is 0 Å². The Kier molecular flexibility index (Phi) is 5.60. The third-order valence-corrected chi connectivity index (χ3v) is 4.39. The molecule has 0 N–H and O–H groups in total. The summed E-state index contributed by atoms with van der Waals surface area (Å²) in [7, 11) is 1.65. The molecule has 2 aromatic carbocycles. The lowest BCUT2D eigenvalue weighted by molar-refractivity contribution is 0.0982. The molecule has 0 radical (unpaired) electrons. The molecule has 2 aromatic rings. The first-order chi connectivity index (χ1) is 9.60. The monoisotopic (exact) mass is 444 g/mol. The van der Waals surface area contributed by atoms with Crippen molar-refractivity contribution in [2.75, 3.05) is 7.11 Å². The quantitative estimate of drug-likeness (QED) is 0.485. The largest absolute Gasteiger partial charge is 0.497 e. The number of hydrogen-bond donors (Lipinski definition) is 0. The highest BCUT2D eigenvalue weighted by molar-refractivity contribution is 14.1. The summed E-state index contributed by atoms with van der Waals surface area (Å²) >= 11 is 5.65. The highest BCUT2D eigenvalue weighted by atomic mass is 127. The van der Waals surface area contributed by atoms with Gasteiger partial charge < -0.3 is 4.74 Å². The van der Waals surface area contributed by atoms with E-state index in [0.29, 0.717) is 6.42 Å². The van der Waals surface area contributed by atoms with E-state index < -0.39 is 0 Å². The number of Topliss-reactive ketones (excluding diaryl/α,β-unsaturated/α-hetero) is 1. The van der Waals surface area contributed by atoms with Crippen LogP contribution >= 0.6 is 38.5 Å². The summed E-state index contributed by atoms with van der Waals surface area (Å²) in [6.45, 7) is 0. The maximum absolute atomic E-state index is 12.3. The highest BCUT2D eigenvalue weighted by Crippen LogP contribution is 2.22. The molecule has 0 unspecified atom stereocenters. The van der Waals surface area contributed by atoms with Crippen LogP contribution in [0.2, 0.25) is 0 Å². The third kappa shape index (κ3) is 4.06. The molecule has 2 nitrogen and oxygen atoms in total. The summed E-state index contributed by atoms with van der Waals surface area (Å²) in [5.74, 6) is 0.992. The van der Waals surface area contributed by atoms with Crippen LogP contribution in [0.1, 0.15) is 22.3 Å². The van der Waals surface area contributed by atoms with Crippen LogP contribution in [0.4, 0.5) is 0 Å². The summed E-state index contributed by atoms with van der Waals surface area (Å²) in [6, 6.07) is 13.6. The summed E-state index contributed by atoms with van der Waals surface area (Å²) < 4.78 is 7.05. The lowest BCUT2D eigenvalue weighted by Gasteiger charge is -2.06. The van der Waals surface area contributed by atoms with Crippen molar-refractivity contribution in [3.8, 4) is 5.75 Å². The highest BCUT2D eigenvalue weighted by Gasteiger charge is 2.10. The van der Waals surface area contributed by atoms with Crippen LogP contribution in [0.5, 0.6) is 5.75 Å². The zero-order valence-corrected chi connectivity index (χ0v) is 14.8. The summed E-state index contributed by atoms with van der Waals surface area (Å²) in [4.78, 5) is 12.3. The first-order valence-electron chi connectivity index (χ1n) is 6.21. The molecule has 4 heteroatoms. The minimum atomic E-state index is 0.159. The molecule has 0 aliphatic carbocycles. The van der Waals surface area contributed by atoms with Crippen LogP contribution in [-0.4, -0.2) is 12.9 Å². The van der Waals surface area contributed by atoms with E-state index >= 15 is 0 Å². The number of methoxy groups -OCH3 is 1. The van der Waals surface area contributed by atoms with Gasteiger partial charge in [0, 0.05) is 20.0 Å². The van der Waals surface area contributed by atoms with Crippen molar-refractivity contribution in [1.29, 1.82) is 0 Å². The van der Waals surface area contributed by atoms with Crippen molar-refractivity contribution in [3.63, 3.8) is 0 Å². The van der Waals surface area contributed by atoms with Gasteiger partial charge >= 0.3 is 0 Å². The number of carbonyl (C=O) groups excluding carboxylic acids is 1. The van der Waals surface area contributed by atoms with Crippen molar-refractivity contribution in [2.45, 2.75) is 12.8 Å². The fourth-order valence-electron chi connectivity index (χ4n) is 1.90. The minimum Gasteiger partial charge on any atom is -0.497 e. The molecular formula is C16H14BrIO2. The molecule has 0 aromatic heterocycles. The molecule has 0 fully saturated rings. The Bertz CT molecular complexity index is 608. The van der Waals surface area contributed by atoms with Gasteiger partial charge in [0.1, 0.15) is 5.75 Å². The number of rotatable bonds is 5. The first-order valence-corrected chi connectivity index (χ1v) is 8.08. The number of ketones is 1. The van der Waals surface area contributed by atoms with Gasteiger partial charge in [0.05, 0.1) is 7.11 Å². The number of hydrogen-bond acceptors (Lipinski definition) is 2. The van der Waals surface area contributed by atoms with E-state index in [0.717, 1.165) is 31.3 Å². The van der Waals surface area contributed by atoms with Crippen molar-refractivity contribution >= 4 is 44.3 Å². The van der Waals surface area contributed by atoms with E-state index in [9.17, 15) is 4.79 Å². The summed E-state index contributed by atoms with van der Waals surface area (Å²) in [6.07, 6.45) is 1.24. The Hall–Kier alpha value is -0.880. The van der Waals surface area contributed by atoms with E-state index in [1.54, 1.807) is 7.11 Å². The number of ether oxygens (including phenoxy) is 1. The van der Waals surface area contributed by atoms with E-state index in [4.69, 9.17) is 4.74 Å². The van der Waals surface area contributed by atoms with Crippen LogP contribution < -0.4 is 4.74 Å². The van der Waals surface area contributed by atoms with Crippen LogP contribution in [-0.2, 0) is 6.42 Å². The molecule has 20 heavy (non-hydrogen) atoms. The third-order valence-electron chi connectivity index (χ3n) is 3.03. The zero-order chi connectivity index (χ0) is 14.5. The predicted octanol–water partition coefficient (Wildman–Crippen LogP) is 4.88. The number of aryl methyl sites for hydroxylation is 1. The van der Waals surface area contributed by atoms with Gasteiger partial charge in [0.25, 0.3) is 0 Å². The van der Waals surface area contributed by atoms with Gasteiger partial charge in [0.15, 0.2) is 5.78 Å². The van der Waals surface area contributed by atoms with Gasteiger partial charge in [0.2, 0.25) is 0 Å². The van der Waals surface area contributed by atoms with Crippen molar-refractivity contribution in [2.24, 2.45) is 0 Å². The van der Waals surface area contributed by atoms with E-state index in [1.165, 1.54) is 0 Å². The second kappa shape index (κ2) is 7.22. The Morgan fingerprint density at radius 2 is 1.90 bits per heavy atom. The molecule has 0 heterocycles. The van der Waals surface area contributed by atoms with Crippen LogP contribution in [0.25, 0.3) is 0 Å². The second-order valence-electron chi connectivity index (χ2n) is 4.40. The second-order valence-corrected chi connectivity index (χ2v) is 6.50. The summed E-state index contributed by atoms with van der Waals surface area (Å²) in [5.41, 5.74) is 1.89. The molecule has 0 saturated carbocycles. The van der Waals surface area contributed by atoms with Crippen LogP contribution in [0, 0.1) is 3.57 Å². The molecule has 0 aliphatic rings. The Balaban J connectivity index is 2.02. The average molecular weight is 445 g/mol. The van der Waals surface area contributed by atoms with Gasteiger partial charge in [-0.2, -0.15) is 0 Å². The molecule has 0 aliphatic heterocycles. The fraction of sp³-hybridized carbons (Fsp3) is 0.188. The molecule has 0 bridgehead atoms. The number of benzene rings is 2. The lowest BCUT2D eigenvalue weighted by atomic mass is 10.0. The topological polar surface area (TPSA) is 26.3 Å². The van der Waals surface area contributed by atoms with E-state index in [2.05, 4.69) is 38.5 Å². The van der Waals surface area contributed by atoms with Crippen LogP contribution in [0.3, 0.4) is 0 Å². The predicted molar refractivity (Wildman–Crippen MR) is 92.5 cm³/mol. The van der Waals surface area contributed by atoms with E-state index in [-0.39, 0.29) is 5.78 Å². The fourth-order valence-corrected chi connectivity index (χ4v) is 2.85. The van der Waals surface area contributed by atoms with Gasteiger partial charge in [-0.1, -0.05) is 28.1 Å². The maximum atomic E-state index is 12.3. The molecule has 0 spiro atoms. The molecular weight excluding hydrogens is 431 g/mol.